The van der Waals surface area contributed by atoms with Crippen LogP contribution in [0, 0.1) is 11.3 Å². The van der Waals surface area contributed by atoms with Gasteiger partial charge in [0.2, 0.25) is 5.91 Å². The standard InChI is InChI=1S/C33H29Cl2N3O3/c34-28-17-29(35)19-30(18-28)37-32(40)22-41-33(12-14-38(15-13-33)21-26-5-1-2-7-31(26)39)27-10-8-24(9-11-27)25-6-3-4-23(16-25)20-36/h1-11,16-19,39H,12-15,21-22H2,(H,37,40). The van der Waals surface area contributed by atoms with Crippen LogP contribution in [0.25, 0.3) is 11.1 Å². The Balaban J connectivity index is 1.34. The number of carbonyl (C=O) groups excluding carboxylic acids is 1. The molecule has 1 aliphatic heterocycles. The molecule has 208 valence electrons. The van der Waals surface area contributed by atoms with Crippen LogP contribution >= 0.6 is 23.2 Å². The number of carbonyl (C=O) groups is 1. The zero-order valence-corrected chi connectivity index (χ0v) is 23.8. The maximum atomic E-state index is 12.9. The number of phenols is 1. The first kappa shape index (κ1) is 28.7. The summed E-state index contributed by atoms with van der Waals surface area (Å²) in [5.41, 5.74) is 4.26. The molecule has 0 radical (unpaired) electrons. The first-order chi connectivity index (χ1) is 19.8. The molecular formula is C33H29Cl2N3O3. The highest BCUT2D eigenvalue weighted by Crippen LogP contribution is 2.38. The van der Waals surface area contributed by atoms with E-state index in [0.717, 1.165) is 35.3 Å². The number of nitriles is 1. The summed E-state index contributed by atoms with van der Waals surface area (Å²) in [4.78, 5) is 15.2. The van der Waals surface area contributed by atoms with E-state index < -0.39 is 5.60 Å². The molecule has 4 aromatic rings. The summed E-state index contributed by atoms with van der Waals surface area (Å²) in [6.45, 7) is 1.94. The minimum atomic E-state index is -0.675. The van der Waals surface area contributed by atoms with E-state index >= 15 is 0 Å². The normalized spacial score (nSPS) is 14.8. The monoisotopic (exact) mass is 585 g/mol. The van der Waals surface area contributed by atoms with Crippen molar-refractivity contribution in [2.45, 2.75) is 25.0 Å². The van der Waals surface area contributed by atoms with Crippen LogP contribution in [-0.2, 0) is 21.7 Å². The second-order valence-corrected chi connectivity index (χ2v) is 11.0. The molecule has 0 spiro atoms. The van der Waals surface area contributed by atoms with Gasteiger partial charge in [0.25, 0.3) is 0 Å². The highest BCUT2D eigenvalue weighted by atomic mass is 35.5. The fourth-order valence-electron chi connectivity index (χ4n) is 5.24. The first-order valence-electron chi connectivity index (χ1n) is 13.3. The molecule has 1 saturated heterocycles. The lowest BCUT2D eigenvalue weighted by molar-refractivity contribution is -0.135. The van der Waals surface area contributed by atoms with E-state index in [1.54, 1.807) is 30.3 Å². The molecule has 1 heterocycles. The molecule has 0 saturated carbocycles. The van der Waals surface area contributed by atoms with E-state index in [4.69, 9.17) is 27.9 Å². The number of rotatable bonds is 8. The molecule has 0 aromatic heterocycles. The third-order valence-electron chi connectivity index (χ3n) is 7.41. The topological polar surface area (TPSA) is 85.6 Å². The third-order valence-corrected chi connectivity index (χ3v) is 7.85. The van der Waals surface area contributed by atoms with Crippen molar-refractivity contribution < 1.29 is 14.6 Å². The van der Waals surface area contributed by atoms with E-state index in [-0.39, 0.29) is 18.3 Å². The van der Waals surface area contributed by atoms with Gasteiger partial charge in [-0.1, -0.05) is 77.8 Å². The Hall–Kier alpha value is -3.86. The van der Waals surface area contributed by atoms with Crippen molar-refractivity contribution in [3.8, 4) is 22.9 Å². The van der Waals surface area contributed by atoms with E-state index in [1.807, 2.05) is 60.7 Å². The summed E-state index contributed by atoms with van der Waals surface area (Å²) in [5.74, 6) is -0.0151. The molecule has 1 amide bonds. The summed E-state index contributed by atoms with van der Waals surface area (Å²) in [5, 5.41) is 23.2. The molecule has 41 heavy (non-hydrogen) atoms. The molecule has 4 aromatic carbocycles. The predicted molar refractivity (Wildman–Crippen MR) is 162 cm³/mol. The number of nitrogens with one attached hydrogen (secondary N) is 1. The quantitative estimate of drug-likeness (QED) is 0.225. The Bertz CT molecular complexity index is 1560. The third kappa shape index (κ3) is 7.08. The Morgan fingerprint density at radius 2 is 1.63 bits per heavy atom. The average molecular weight is 587 g/mol. The predicted octanol–water partition coefficient (Wildman–Crippen LogP) is 7.38. The molecule has 0 unspecified atom stereocenters. The maximum absolute atomic E-state index is 12.9. The number of anilines is 1. The van der Waals surface area contributed by atoms with Crippen LogP contribution < -0.4 is 5.32 Å². The smallest absolute Gasteiger partial charge is 0.250 e. The number of aromatic hydroxyl groups is 1. The number of amides is 1. The van der Waals surface area contributed by atoms with Crippen molar-refractivity contribution >= 4 is 34.8 Å². The molecular weight excluding hydrogens is 557 g/mol. The summed E-state index contributed by atoms with van der Waals surface area (Å²) >= 11 is 12.2. The van der Waals surface area contributed by atoms with Crippen LogP contribution in [0.3, 0.4) is 0 Å². The molecule has 0 bridgehead atoms. The molecule has 0 atom stereocenters. The number of ether oxygens (including phenoxy) is 1. The number of phenolic OH excluding ortho intramolecular Hbond substituents is 1. The lowest BCUT2D eigenvalue weighted by Gasteiger charge is -2.42. The lowest BCUT2D eigenvalue weighted by Crippen LogP contribution is -2.45. The van der Waals surface area contributed by atoms with Crippen molar-refractivity contribution in [1.29, 1.82) is 5.26 Å². The van der Waals surface area contributed by atoms with Gasteiger partial charge in [0.05, 0.1) is 17.2 Å². The summed E-state index contributed by atoms with van der Waals surface area (Å²) < 4.78 is 6.46. The molecule has 2 N–H and O–H groups in total. The summed E-state index contributed by atoms with van der Waals surface area (Å²) in [6.07, 6.45) is 1.33. The summed E-state index contributed by atoms with van der Waals surface area (Å²) in [7, 11) is 0. The van der Waals surface area contributed by atoms with E-state index in [9.17, 15) is 15.2 Å². The van der Waals surface area contributed by atoms with E-state index in [2.05, 4.69) is 16.3 Å². The maximum Gasteiger partial charge on any atom is 0.250 e. The van der Waals surface area contributed by atoms with Crippen LogP contribution in [0.4, 0.5) is 5.69 Å². The first-order valence-corrected chi connectivity index (χ1v) is 14.1. The van der Waals surface area contributed by atoms with E-state index in [1.165, 1.54) is 0 Å². The van der Waals surface area contributed by atoms with Crippen LogP contribution in [-0.4, -0.2) is 35.6 Å². The lowest BCUT2D eigenvalue weighted by atomic mass is 9.83. The molecule has 1 aliphatic rings. The van der Waals surface area contributed by atoms with Crippen LogP contribution in [0.1, 0.15) is 29.5 Å². The average Bonchev–Trinajstić information content (AvgIpc) is 2.98. The van der Waals surface area contributed by atoms with Gasteiger partial charge in [-0.25, -0.2) is 0 Å². The minimum Gasteiger partial charge on any atom is -0.508 e. The SMILES string of the molecule is N#Cc1cccc(-c2ccc(C3(OCC(=O)Nc4cc(Cl)cc(Cl)c4)CCN(Cc4ccccc4O)CC3)cc2)c1. The number of hydrogen-bond acceptors (Lipinski definition) is 5. The van der Waals surface area contributed by atoms with Gasteiger partial charge in [-0.3, -0.25) is 9.69 Å². The summed E-state index contributed by atoms with van der Waals surface area (Å²) in [6, 6.07) is 30.1. The van der Waals surface area contributed by atoms with Gasteiger partial charge in [0, 0.05) is 40.9 Å². The van der Waals surface area contributed by atoms with Gasteiger partial charge in [0.15, 0.2) is 0 Å². The highest BCUT2D eigenvalue weighted by Gasteiger charge is 2.38. The number of nitrogens with zero attached hydrogens (tertiary/aromatic N) is 2. The molecule has 8 heteroatoms. The van der Waals surface area contributed by atoms with Crippen LogP contribution in [0.2, 0.25) is 10.0 Å². The minimum absolute atomic E-state index is 0.143. The number of hydrogen-bond donors (Lipinski definition) is 2. The number of piperidine rings is 1. The zero-order chi connectivity index (χ0) is 28.8. The van der Waals surface area contributed by atoms with Gasteiger partial charge in [-0.15, -0.1) is 0 Å². The second kappa shape index (κ2) is 12.8. The number of halogens is 2. The van der Waals surface area contributed by atoms with Crippen molar-refractivity contribution in [3.05, 3.63) is 118 Å². The van der Waals surface area contributed by atoms with Gasteiger partial charge < -0.3 is 15.2 Å². The molecule has 1 fully saturated rings. The highest BCUT2D eigenvalue weighted by molar-refractivity contribution is 6.35. The van der Waals surface area contributed by atoms with E-state index in [0.29, 0.717) is 40.7 Å². The fourth-order valence-corrected chi connectivity index (χ4v) is 5.76. The Morgan fingerprint density at radius 3 is 2.32 bits per heavy atom. The van der Waals surface area contributed by atoms with Crippen molar-refractivity contribution in [1.82, 2.24) is 4.90 Å². The van der Waals surface area contributed by atoms with Gasteiger partial charge in [-0.2, -0.15) is 5.26 Å². The Kier molecular flexibility index (Phi) is 8.92. The Morgan fingerprint density at radius 1 is 0.927 bits per heavy atom. The number of likely N-dealkylation sites (tertiary alicyclic amines) is 1. The fraction of sp³-hybridized carbons (Fsp3) is 0.212. The van der Waals surface area contributed by atoms with Crippen LogP contribution in [0.5, 0.6) is 5.75 Å². The van der Waals surface area contributed by atoms with Gasteiger partial charge in [-0.05, 0) is 65.9 Å². The van der Waals surface area contributed by atoms with Gasteiger partial charge >= 0.3 is 0 Å². The zero-order valence-electron chi connectivity index (χ0n) is 22.3. The Labute approximate surface area is 249 Å². The molecule has 0 aliphatic carbocycles. The van der Waals surface area contributed by atoms with Crippen molar-refractivity contribution in [2.75, 3.05) is 25.0 Å². The van der Waals surface area contributed by atoms with Gasteiger partial charge in [0.1, 0.15) is 12.4 Å². The second-order valence-electron chi connectivity index (χ2n) is 10.2. The number of benzene rings is 4. The molecule has 5 rings (SSSR count). The van der Waals surface area contributed by atoms with Crippen LogP contribution in [0.15, 0.2) is 91.0 Å². The number of para-hydroxylation sites is 1. The largest absolute Gasteiger partial charge is 0.508 e. The van der Waals surface area contributed by atoms with Crippen molar-refractivity contribution in [3.63, 3.8) is 0 Å². The van der Waals surface area contributed by atoms with Crippen molar-refractivity contribution in [2.24, 2.45) is 0 Å². The molecule has 6 nitrogen and oxygen atoms in total.